The number of carbonyl (C=O) groups is 1. The van der Waals surface area contributed by atoms with Crippen LogP contribution in [0.4, 0.5) is 5.69 Å². The smallest absolute Gasteiger partial charge is 0.286 e. The number of benzene rings is 2. The fourth-order valence-electron chi connectivity index (χ4n) is 3.96. The maximum absolute atomic E-state index is 12.7. The van der Waals surface area contributed by atoms with Crippen LogP contribution in [0.2, 0.25) is 0 Å². The van der Waals surface area contributed by atoms with Crippen molar-refractivity contribution >= 4 is 11.6 Å². The minimum Gasteiger partial charge on any atom is -0.286 e. The van der Waals surface area contributed by atoms with Crippen molar-refractivity contribution in [3.05, 3.63) is 65.0 Å². The average molecular weight is 344 g/mol. The maximum Gasteiger partial charge on any atom is 0.300 e. The number of nitrogens with zero attached hydrogens (tertiary/aromatic N) is 4. The fraction of sp³-hybridized carbons (Fsp3) is 0.200. The second kappa shape index (κ2) is 5.11. The zero-order valence-electron chi connectivity index (χ0n) is 14.2. The van der Waals surface area contributed by atoms with E-state index in [2.05, 4.69) is 10.1 Å². The van der Waals surface area contributed by atoms with Gasteiger partial charge in [0.15, 0.2) is 11.5 Å². The van der Waals surface area contributed by atoms with Crippen LogP contribution in [-0.4, -0.2) is 20.7 Å². The molecule has 3 heterocycles. The lowest BCUT2D eigenvalue weighted by molar-refractivity contribution is -0.117. The van der Waals surface area contributed by atoms with E-state index in [4.69, 9.17) is 0 Å². The van der Waals surface area contributed by atoms with Crippen molar-refractivity contribution in [1.29, 1.82) is 0 Å². The van der Waals surface area contributed by atoms with E-state index in [0.29, 0.717) is 24.4 Å². The molecule has 1 aromatic heterocycles. The van der Waals surface area contributed by atoms with Crippen molar-refractivity contribution in [2.75, 3.05) is 4.90 Å². The molecule has 1 amide bonds. The molecule has 2 aliphatic heterocycles. The molecule has 2 aliphatic rings. The van der Waals surface area contributed by atoms with Gasteiger partial charge in [-0.05, 0) is 19.1 Å². The Morgan fingerprint density at radius 1 is 1.00 bits per heavy atom. The van der Waals surface area contributed by atoms with Gasteiger partial charge in [-0.3, -0.25) is 14.5 Å². The average Bonchev–Trinajstić information content (AvgIpc) is 2.98. The SMILES string of the molecule is CC12CCC(=O)N1c1ccccc1-c1nc(=O)c(-c3ccccc3)nn12. The molecule has 6 heteroatoms. The van der Waals surface area contributed by atoms with E-state index < -0.39 is 5.66 Å². The van der Waals surface area contributed by atoms with Gasteiger partial charge in [-0.2, -0.15) is 10.1 Å². The quantitative estimate of drug-likeness (QED) is 0.681. The van der Waals surface area contributed by atoms with Gasteiger partial charge in [0, 0.05) is 24.0 Å². The highest BCUT2D eigenvalue weighted by Crippen LogP contribution is 2.47. The van der Waals surface area contributed by atoms with Crippen LogP contribution in [0.15, 0.2) is 59.4 Å². The Morgan fingerprint density at radius 2 is 1.73 bits per heavy atom. The number of hydrogen-bond donors (Lipinski definition) is 0. The highest BCUT2D eigenvalue weighted by atomic mass is 16.2. The molecule has 1 fully saturated rings. The van der Waals surface area contributed by atoms with E-state index in [9.17, 15) is 9.59 Å². The van der Waals surface area contributed by atoms with Crippen LogP contribution < -0.4 is 10.5 Å². The molecule has 1 saturated heterocycles. The summed E-state index contributed by atoms with van der Waals surface area (Å²) in [5.41, 5.74) is 1.54. The molecule has 6 nitrogen and oxygen atoms in total. The summed E-state index contributed by atoms with van der Waals surface area (Å²) in [4.78, 5) is 31.5. The molecule has 2 aromatic carbocycles. The minimum atomic E-state index is -0.662. The molecular weight excluding hydrogens is 328 g/mol. The first-order valence-electron chi connectivity index (χ1n) is 8.59. The van der Waals surface area contributed by atoms with Crippen LogP contribution in [0.5, 0.6) is 0 Å². The van der Waals surface area contributed by atoms with Crippen molar-refractivity contribution in [3.63, 3.8) is 0 Å². The Balaban J connectivity index is 1.85. The number of para-hydroxylation sites is 1. The van der Waals surface area contributed by atoms with Crippen LogP contribution >= 0.6 is 0 Å². The summed E-state index contributed by atoms with van der Waals surface area (Å²) in [6, 6.07) is 16.9. The van der Waals surface area contributed by atoms with E-state index in [-0.39, 0.29) is 11.5 Å². The van der Waals surface area contributed by atoms with Crippen molar-refractivity contribution in [3.8, 4) is 22.6 Å². The summed E-state index contributed by atoms with van der Waals surface area (Å²) in [5.74, 6) is 0.575. The number of rotatable bonds is 1. The first kappa shape index (κ1) is 15.0. The number of hydrogen-bond acceptors (Lipinski definition) is 4. The van der Waals surface area contributed by atoms with E-state index in [1.807, 2.05) is 61.5 Å². The predicted molar refractivity (Wildman–Crippen MR) is 97.5 cm³/mol. The third kappa shape index (κ3) is 1.87. The van der Waals surface area contributed by atoms with E-state index in [0.717, 1.165) is 16.8 Å². The Kier molecular flexibility index (Phi) is 2.95. The number of aromatic nitrogens is 3. The van der Waals surface area contributed by atoms with Crippen LogP contribution in [0, 0.1) is 0 Å². The summed E-state index contributed by atoms with van der Waals surface area (Å²) in [7, 11) is 0. The summed E-state index contributed by atoms with van der Waals surface area (Å²) in [5, 5.41) is 4.68. The minimum absolute atomic E-state index is 0.0624. The number of amides is 1. The van der Waals surface area contributed by atoms with E-state index >= 15 is 0 Å². The molecule has 128 valence electrons. The van der Waals surface area contributed by atoms with Crippen LogP contribution in [0.25, 0.3) is 22.6 Å². The predicted octanol–water partition coefficient (Wildman–Crippen LogP) is 2.79. The van der Waals surface area contributed by atoms with E-state index in [1.165, 1.54) is 0 Å². The molecule has 0 aliphatic carbocycles. The summed E-state index contributed by atoms with van der Waals surface area (Å²) >= 11 is 0. The fourth-order valence-corrected chi connectivity index (χ4v) is 3.96. The summed E-state index contributed by atoms with van der Waals surface area (Å²) < 4.78 is 1.75. The topological polar surface area (TPSA) is 68.1 Å². The van der Waals surface area contributed by atoms with Crippen molar-refractivity contribution in [2.45, 2.75) is 25.4 Å². The van der Waals surface area contributed by atoms with E-state index in [1.54, 1.807) is 9.58 Å². The Bertz CT molecular complexity index is 1110. The van der Waals surface area contributed by atoms with Crippen molar-refractivity contribution in [2.24, 2.45) is 0 Å². The molecular formula is C20H16N4O2. The third-order valence-corrected chi connectivity index (χ3v) is 5.24. The molecule has 0 saturated carbocycles. The highest BCUT2D eigenvalue weighted by molar-refractivity contribution is 6.01. The molecule has 1 atom stereocenters. The third-order valence-electron chi connectivity index (χ3n) is 5.24. The lowest BCUT2D eigenvalue weighted by Crippen LogP contribution is -2.51. The molecule has 1 unspecified atom stereocenters. The second-order valence-electron chi connectivity index (χ2n) is 6.83. The van der Waals surface area contributed by atoms with Gasteiger partial charge in [-0.25, -0.2) is 4.68 Å². The Morgan fingerprint density at radius 3 is 2.54 bits per heavy atom. The van der Waals surface area contributed by atoms with Crippen LogP contribution in [0.3, 0.4) is 0 Å². The molecule has 5 rings (SSSR count). The zero-order valence-corrected chi connectivity index (χ0v) is 14.2. The van der Waals surface area contributed by atoms with Gasteiger partial charge in [0.05, 0.1) is 5.69 Å². The van der Waals surface area contributed by atoms with Gasteiger partial charge in [-0.15, -0.1) is 0 Å². The monoisotopic (exact) mass is 344 g/mol. The molecule has 0 N–H and O–H groups in total. The van der Waals surface area contributed by atoms with Gasteiger partial charge in [0.25, 0.3) is 5.56 Å². The highest BCUT2D eigenvalue weighted by Gasteiger charge is 2.49. The van der Waals surface area contributed by atoms with Gasteiger partial charge in [0.1, 0.15) is 5.66 Å². The summed E-state index contributed by atoms with van der Waals surface area (Å²) in [6.07, 6.45) is 1.07. The van der Waals surface area contributed by atoms with Crippen LogP contribution in [0.1, 0.15) is 19.8 Å². The molecule has 0 spiro atoms. The zero-order chi connectivity index (χ0) is 17.9. The first-order valence-corrected chi connectivity index (χ1v) is 8.59. The Hall–Kier alpha value is -3.28. The Labute approximate surface area is 149 Å². The molecule has 0 radical (unpaired) electrons. The normalized spacial score (nSPS) is 20.5. The van der Waals surface area contributed by atoms with Crippen LogP contribution in [-0.2, 0) is 10.5 Å². The number of fused-ring (bicyclic) bond motifs is 6. The second-order valence-corrected chi connectivity index (χ2v) is 6.83. The van der Waals surface area contributed by atoms with Gasteiger partial charge < -0.3 is 0 Å². The largest absolute Gasteiger partial charge is 0.300 e. The van der Waals surface area contributed by atoms with Crippen molar-refractivity contribution < 1.29 is 4.79 Å². The van der Waals surface area contributed by atoms with Gasteiger partial charge in [-0.1, -0.05) is 42.5 Å². The lowest BCUT2D eigenvalue weighted by atomic mass is 10.0. The van der Waals surface area contributed by atoms with Gasteiger partial charge in [0.2, 0.25) is 5.91 Å². The van der Waals surface area contributed by atoms with Gasteiger partial charge >= 0.3 is 0 Å². The lowest BCUT2D eigenvalue weighted by Gasteiger charge is -2.42. The number of anilines is 1. The molecule has 0 bridgehead atoms. The summed E-state index contributed by atoms with van der Waals surface area (Å²) in [6.45, 7) is 1.98. The number of carbonyl (C=O) groups excluding carboxylic acids is 1. The maximum atomic E-state index is 12.7. The molecule has 26 heavy (non-hydrogen) atoms. The molecule has 3 aromatic rings. The standard InChI is InChI=1S/C20H16N4O2/c1-20-12-11-16(25)23(20)15-10-6-5-9-14(15)18-21-19(26)17(22-24(18)20)13-7-3-2-4-8-13/h2-10H,11-12H2,1H3. The van der Waals surface area contributed by atoms with Crippen molar-refractivity contribution in [1.82, 2.24) is 14.8 Å². The first-order chi connectivity index (χ1) is 12.6.